The van der Waals surface area contributed by atoms with Gasteiger partial charge in [0.25, 0.3) is 17.5 Å². The number of hydrogen-bond donors (Lipinski definition) is 2. The van der Waals surface area contributed by atoms with Gasteiger partial charge in [0.2, 0.25) is 0 Å². The fraction of sp³-hybridized carbons (Fsp3) is 0.273. The van der Waals surface area contributed by atoms with Crippen molar-refractivity contribution in [2.75, 3.05) is 30.5 Å². The Bertz CT molecular complexity index is 1190. The molecule has 2 amide bonds. The third-order valence-electron chi connectivity index (χ3n) is 4.89. The molecule has 0 fully saturated rings. The lowest BCUT2D eigenvalue weighted by Crippen LogP contribution is -2.42. The molecule has 0 saturated heterocycles. The van der Waals surface area contributed by atoms with Crippen LogP contribution in [0.3, 0.4) is 0 Å². The van der Waals surface area contributed by atoms with Gasteiger partial charge in [0.1, 0.15) is 11.8 Å². The highest BCUT2D eigenvalue weighted by molar-refractivity contribution is 7.98. The number of ether oxygens (including phenoxy) is 2. The minimum Gasteiger partial charge on any atom is -0.482 e. The minimum absolute atomic E-state index is 0.0476. The SMILES string of the molecule is CSCC[C@@H](NC(=O)c1ccc([N+](=O)[O-])cc1Cl)C(=O)OCC(=O)c1ccc2c(c1)NC(=O)CO2. The molecule has 0 radical (unpaired) electrons. The number of fused-ring (bicyclic) bond motifs is 1. The van der Waals surface area contributed by atoms with Crippen molar-refractivity contribution < 1.29 is 33.6 Å². The van der Waals surface area contributed by atoms with Gasteiger partial charge < -0.3 is 20.1 Å². The summed E-state index contributed by atoms with van der Waals surface area (Å²) in [5.74, 6) is -1.49. The van der Waals surface area contributed by atoms with E-state index in [4.69, 9.17) is 21.1 Å². The molecule has 3 rings (SSSR count). The van der Waals surface area contributed by atoms with Crippen LogP contribution in [0.25, 0.3) is 0 Å². The van der Waals surface area contributed by atoms with Crippen molar-refractivity contribution in [3.05, 3.63) is 62.7 Å². The zero-order valence-corrected chi connectivity index (χ0v) is 19.9. The molecule has 35 heavy (non-hydrogen) atoms. The summed E-state index contributed by atoms with van der Waals surface area (Å²) < 4.78 is 10.4. The van der Waals surface area contributed by atoms with Gasteiger partial charge in [0.15, 0.2) is 19.0 Å². The lowest BCUT2D eigenvalue weighted by Gasteiger charge is -2.19. The Morgan fingerprint density at radius 3 is 2.74 bits per heavy atom. The molecule has 0 aliphatic carbocycles. The van der Waals surface area contributed by atoms with Crippen molar-refractivity contribution in [3.8, 4) is 5.75 Å². The van der Waals surface area contributed by atoms with Crippen LogP contribution in [0.4, 0.5) is 11.4 Å². The molecule has 1 aliphatic rings. The Morgan fingerprint density at radius 1 is 1.29 bits per heavy atom. The van der Waals surface area contributed by atoms with Gasteiger partial charge in [-0.1, -0.05) is 11.6 Å². The molecule has 1 aliphatic heterocycles. The van der Waals surface area contributed by atoms with Crippen molar-refractivity contribution in [2.24, 2.45) is 0 Å². The van der Waals surface area contributed by atoms with E-state index in [1.54, 1.807) is 0 Å². The average molecular weight is 522 g/mol. The highest BCUT2D eigenvalue weighted by atomic mass is 35.5. The number of nitro groups is 1. The van der Waals surface area contributed by atoms with E-state index in [0.29, 0.717) is 17.2 Å². The largest absolute Gasteiger partial charge is 0.482 e. The number of carbonyl (C=O) groups is 4. The molecule has 1 heterocycles. The highest BCUT2D eigenvalue weighted by Gasteiger charge is 2.26. The third kappa shape index (κ3) is 6.70. The molecule has 13 heteroatoms. The number of thioether (sulfide) groups is 1. The first-order valence-corrected chi connectivity index (χ1v) is 12.0. The predicted molar refractivity (Wildman–Crippen MR) is 128 cm³/mol. The van der Waals surface area contributed by atoms with E-state index in [1.807, 2.05) is 6.26 Å². The molecule has 2 aromatic rings. The van der Waals surface area contributed by atoms with E-state index in [-0.39, 0.29) is 40.8 Å². The summed E-state index contributed by atoms with van der Waals surface area (Å²) in [6, 6.07) is 6.71. The zero-order chi connectivity index (χ0) is 25.5. The summed E-state index contributed by atoms with van der Waals surface area (Å²) in [6.45, 7) is -0.706. The Balaban J connectivity index is 1.65. The van der Waals surface area contributed by atoms with E-state index in [2.05, 4.69) is 10.6 Å². The molecule has 0 saturated carbocycles. The number of nitrogens with zero attached hydrogens (tertiary/aromatic N) is 1. The number of Topliss-reactive ketones (excluding diaryl/α,β-unsaturated/α-hetero) is 1. The monoisotopic (exact) mass is 521 g/mol. The van der Waals surface area contributed by atoms with Crippen LogP contribution in [-0.2, 0) is 14.3 Å². The van der Waals surface area contributed by atoms with E-state index in [0.717, 1.165) is 12.1 Å². The van der Waals surface area contributed by atoms with Crippen LogP contribution in [0.5, 0.6) is 5.75 Å². The molecular weight excluding hydrogens is 502 g/mol. The predicted octanol–water partition coefficient (Wildman–Crippen LogP) is 2.86. The van der Waals surface area contributed by atoms with Crippen LogP contribution in [0.1, 0.15) is 27.1 Å². The standard InChI is InChI=1S/C22H20ClN3O8S/c1-35-7-6-16(25-21(29)14-4-3-13(26(31)32)9-15(14)23)22(30)34-10-18(27)12-2-5-19-17(8-12)24-20(28)11-33-19/h2-5,8-9,16H,6-7,10-11H2,1H3,(H,24,28)(H,25,29)/t16-/m1/s1. The number of rotatable bonds is 10. The number of esters is 1. The van der Waals surface area contributed by atoms with E-state index < -0.39 is 35.2 Å². The van der Waals surface area contributed by atoms with Crippen LogP contribution >= 0.6 is 23.4 Å². The summed E-state index contributed by atoms with van der Waals surface area (Å²) in [5, 5.41) is 15.8. The normalized spacial score (nSPS) is 13.0. The number of nitro benzene ring substituents is 1. The molecule has 0 spiro atoms. The molecule has 184 valence electrons. The van der Waals surface area contributed by atoms with Crippen molar-refractivity contribution in [3.63, 3.8) is 0 Å². The zero-order valence-electron chi connectivity index (χ0n) is 18.4. The second-order valence-corrected chi connectivity index (χ2v) is 8.70. The van der Waals surface area contributed by atoms with Crippen LogP contribution < -0.4 is 15.4 Å². The van der Waals surface area contributed by atoms with Crippen LogP contribution in [0.2, 0.25) is 5.02 Å². The van der Waals surface area contributed by atoms with Gasteiger partial charge in [0.05, 0.1) is 21.2 Å². The van der Waals surface area contributed by atoms with Crippen molar-refractivity contribution >= 4 is 58.3 Å². The van der Waals surface area contributed by atoms with Crippen LogP contribution in [0.15, 0.2) is 36.4 Å². The number of non-ortho nitro benzene ring substituents is 1. The number of halogens is 1. The van der Waals surface area contributed by atoms with Gasteiger partial charge in [-0.3, -0.25) is 24.5 Å². The smallest absolute Gasteiger partial charge is 0.329 e. The van der Waals surface area contributed by atoms with E-state index in [1.165, 1.54) is 36.0 Å². The first kappa shape index (κ1) is 26.0. The molecule has 11 nitrogen and oxygen atoms in total. The van der Waals surface area contributed by atoms with Crippen LogP contribution in [0, 0.1) is 10.1 Å². The lowest BCUT2D eigenvalue weighted by molar-refractivity contribution is -0.384. The topological polar surface area (TPSA) is 154 Å². The maximum atomic E-state index is 12.7. The molecule has 2 aromatic carbocycles. The molecular formula is C22H20ClN3O8S. The second-order valence-electron chi connectivity index (χ2n) is 7.31. The summed E-state index contributed by atoms with van der Waals surface area (Å²) >= 11 is 7.44. The average Bonchev–Trinajstić information content (AvgIpc) is 2.83. The second kappa shape index (κ2) is 11.7. The summed E-state index contributed by atoms with van der Waals surface area (Å²) in [5.41, 5.74) is 0.207. The first-order chi connectivity index (χ1) is 16.7. The van der Waals surface area contributed by atoms with Gasteiger partial charge in [0, 0.05) is 17.7 Å². The summed E-state index contributed by atoms with van der Waals surface area (Å²) in [4.78, 5) is 59.5. The third-order valence-corrected chi connectivity index (χ3v) is 5.85. The Kier molecular flexibility index (Phi) is 8.66. The highest BCUT2D eigenvalue weighted by Crippen LogP contribution is 2.28. The summed E-state index contributed by atoms with van der Waals surface area (Å²) in [7, 11) is 0. The number of carbonyl (C=O) groups excluding carboxylic acids is 4. The van der Waals surface area contributed by atoms with Gasteiger partial charge in [-0.25, -0.2) is 4.79 Å². The van der Waals surface area contributed by atoms with Crippen molar-refractivity contribution in [1.82, 2.24) is 5.32 Å². The number of hydrogen-bond acceptors (Lipinski definition) is 9. The van der Waals surface area contributed by atoms with E-state index >= 15 is 0 Å². The van der Waals surface area contributed by atoms with Crippen LogP contribution in [-0.4, -0.2) is 59.8 Å². The van der Waals surface area contributed by atoms with Crippen molar-refractivity contribution in [1.29, 1.82) is 0 Å². The first-order valence-electron chi connectivity index (χ1n) is 10.2. The van der Waals surface area contributed by atoms with Gasteiger partial charge in [-0.05, 0) is 42.7 Å². The maximum absolute atomic E-state index is 12.7. The Labute approximate surface area is 208 Å². The molecule has 1 atom stereocenters. The van der Waals surface area contributed by atoms with Gasteiger partial charge in [-0.15, -0.1) is 0 Å². The molecule has 0 bridgehead atoms. The van der Waals surface area contributed by atoms with Gasteiger partial charge in [-0.2, -0.15) is 11.8 Å². The lowest BCUT2D eigenvalue weighted by atomic mass is 10.1. The van der Waals surface area contributed by atoms with E-state index in [9.17, 15) is 29.3 Å². The molecule has 0 unspecified atom stereocenters. The molecule has 2 N–H and O–H groups in total. The summed E-state index contributed by atoms with van der Waals surface area (Å²) in [6.07, 6.45) is 2.03. The number of amides is 2. The van der Waals surface area contributed by atoms with Gasteiger partial charge >= 0.3 is 5.97 Å². The quantitative estimate of drug-likeness (QED) is 0.208. The number of ketones is 1. The number of benzene rings is 2. The molecule has 0 aromatic heterocycles. The minimum atomic E-state index is -1.08. The van der Waals surface area contributed by atoms with Crippen molar-refractivity contribution in [2.45, 2.75) is 12.5 Å². The maximum Gasteiger partial charge on any atom is 0.329 e. The number of nitrogens with one attached hydrogen (secondary N) is 2. The Hall–Kier alpha value is -3.64. The fourth-order valence-electron chi connectivity index (χ4n) is 3.10. The fourth-order valence-corrected chi connectivity index (χ4v) is 3.83. The Morgan fingerprint density at radius 2 is 2.06 bits per heavy atom. The number of anilines is 1.